The Hall–Kier alpha value is -1.86. The number of rotatable bonds is 3. The van der Waals surface area contributed by atoms with Gasteiger partial charge in [0, 0.05) is 19.2 Å². The molecule has 7 heteroatoms. The first-order chi connectivity index (χ1) is 8.52. The number of nitro benzene ring substituents is 1. The lowest BCUT2D eigenvalue weighted by atomic mass is 10.2. The first-order valence-electron chi connectivity index (χ1n) is 5.46. The van der Waals surface area contributed by atoms with Crippen LogP contribution in [0.2, 0.25) is 0 Å². The average molecular weight is 254 g/mol. The van der Waals surface area contributed by atoms with Crippen molar-refractivity contribution in [3.05, 3.63) is 28.3 Å². The molecule has 1 aromatic carbocycles. The van der Waals surface area contributed by atoms with Crippen LogP contribution in [0.5, 0.6) is 5.75 Å². The van der Waals surface area contributed by atoms with Gasteiger partial charge in [-0.2, -0.15) is 0 Å². The lowest BCUT2D eigenvalue weighted by molar-refractivity contribution is -0.384. The van der Waals surface area contributed by atoms with Gasteiger partial charge in [-0.15, -0.1) is 0 Å². The maximum Gasteiger partial charge on any atom is 0.273 e. The summed E-state index contributed by atoms with van der Waals surface area (Å²) in [5, 5.41) is 29.7. The number of methoxy groups -OCH3 is 1. The first-order valence-corrected chi connectivity index (χ1v) is 5.46. The van der Waals surface area contributed by atoms with E-state index in [0.29, 0.717) is 11.4 Å². The predicted molar refractivity (Wildman–Crippen MR) is 63.9 cm³/mol. The summed E-state index contributed by atoms with van der Waals surface area (Å²) >= 11 is 0. The molecule has 0 aliphatic carbocycles. The highest BCUT2D eigenvalue weighted by atomic mass is 16.6. The molecule has 0 unspecified atom stereocenters. The van der Waals surface area contributed by atoms with Crippen molar-refractivity contribution in [2.45, 2.75) is 12.2 Å². The summed E-state index contributed by atoms with van der Waals surface area (Å²) in [6.45, 7) is 0.546. The van der Waals surface area contributed by atoms with Crippen molar-refractivity contribution in [3.8, 4) is 5.75 Å². The largest absolute Gasteiger partial charge is 0.494 e. The molecular formula is C11H14N2O5. The Morgan fingerprint density at radius 1 is 1.39 bits per heavy atom. The van der Waals surface area contributed by atoms with E-state index in [9.17, 15) is 20.3 Å². The van der Waals surface area contributed by atoms with Crippen LogP contribution in [-0.2, 0) is 0 Å². The lowest BCUT2D eigenvalue weighted by Crippen LogP contribution is -2.22. The van der Waals surface area contributed by atoms with Gasteiger partial charge in [0.05, 0.1) is 36.0 Å². The van der Waals surface area contributed by atoms with E-state index in [-0.39, 0.29) is 18.8 Å². The second-order valence-corrected chi connectivity index (χ2v) is 4.15. The molecule has 0 radical (unpaired) electrons. The molecule has 2 atom stereocenters. The summed E-state index contributed by atoms with van der Waals surface area (Å²) in [5.74, 6) is 0.352. The molecule has 0 aromatic heterocycles. The number of β-amino-alcohol motifs (C(OH)–C–C–N with tert-alkyl or cyclic N) is 2. The fraction of sp³-hybridized carbons (Fsp3) is 0.455. The number of aliphatic hydroxyl groups excluding tert-OH is 2. The summed E-state index contributed by atoms with van der Waals surface area (Å²) < 4.78 is 5.11. The normalized spacial score (nSPS) is 23.2. The third-order valence-corrected chi connectivity index (χ3v) is 2.97. The zero-order valence-corrected chi connectivity index (χ0v) is 9.81. The summed E-state index contributed by atoms with van der Waals surface area (Å²) in [5.41, 5.74) is 0.564. The molecule has 98 valence electrons. The highest BCUT2D eigenvalue weighted by Gasteiger charge is 2.31. The number of aliphatic hydroxyl groups is 2. The van der Waals surface area contributed by atoms with Crippen LogP contribution in [0.25, 0.3) is 0 Å². The standard InChI is InChI=1S/C11H14N2O5/c1-18-11-4-7(13(16)17)2-3-8(11)12-5-9(14)10(15)6-12/h2-4,9-10,14-15H,5-6H2,1H3/t9-,10-/m0/s1. The van der Waals surface area contributed by atoms with Crippen LogP contribution < -0.4 is 9.64 Å². The zero-order valence-electron chi connectivity index (χ0n) is 9.81. The molecule has 0 amide bonds. The minimum Gasteiger partial charge on any atom is -0.494 e. The van der Waals surface area contributed by atoms with E-state index in [0.717, 1.165) is 0 Å². The molecule has 0 spiro atoms. The molecule has 1 aliphatic rings. The molecule has 0 saturated carbocycles. The fourth-order valence-electron chi connectivity index (χ4n) is 2.01. The molecule has 18 heavy (non-hydrogen) atoms. The molecule has 1 saturated heterocycles. The maximum atomic E-state index is 10.7. The number of non-ortho nitro benzene ring substituents is 1. The molecular weight excluding hydrogens is 240 g/mol. The van der Waals surface area contributed by atoms with Gasteiger partial charge in [0.1, 0.15) is 5.75 Å². The Morgan fingerprint density at radius 3 is 2.50 bits per heavy atom. The van der Waals surface area contributed by atoms with E-state index in [1.807, 2.05) is 0 Å². The van der Waals surface area contributed by atoms with Crippen LogP contribution in [0.15, 0.2) is 18.2 Å². The van der Waals surface area contributed by atoms with E-state index in [1.54, 1.807) is 11.0 Å². The quantitative estimate of drug-likeness (QED) is 0.588. The van der Waals surface area contributed by atoms with E-state index < -0.39 is 17.1 Å². The highest BCUT2D eigenvalue weighted by molar-refractivity contribution is 5.63. The van der Waals surface area contributed by atoms with Gasteiger partial charge in [0.15, 0.2) is 0 Å². The maximum absolute atomic E-state index is 10.7. The minimum atomic E-state index is -0.815. The monoisotopic (exact) mass is 254 g/mol. The number of hydrogen-bond donors (Lipinski definition) is 2. The minimum absolute atomic E-state index is 0.0594. The topological polar surface area (TPSA) is 96.1 Å². The highest BCUT2D eigenvalue weighted by Crippen LogP contribution is 2.34. The summed E-state index contributed by atoms with van der Waals surface area (Å²) in [7, 11) is 1.42. The van der Waals surface area contributed by atoms with Gasteiger partial charge in [-0.05, 0) is 6.07 Å². The van der Waals surface area contributed by atoms with Gasteiger partial charge in [-0.3, -0.25) is 10.1 Å². The number of ether oxygens (including phenoxy) is 1. The van der Waals surface area contributed by atoms with Crippen molar-refractivity contribution >= 4 is 11.4 Å². The van der Waals surface area contributed by atoms with Gasteiger partial charge >= 0.3 is 0 Å². The number of anilines is 1. The van der Waals surface area contributed by atoms with Crippen molar-refractivity contribution in [1.29, 1.82) is 0 Å². The van der Waals surface area contributed by atoms with Crippen molar-refractivity contribution in [3.63, 3.8) is 0 Å². The Kier molecular flexibility index (Phi) is 3.35. The van der Waals surface area contributed by atoms with Gasteiger partial charge in [0.2, 0.25) is 0 Å². The van der Waals surface area contributed by atoms with Gasteiger partial charge in [-0.25, -0.2) is 0 Å². The van der Waals surface area contributed by atoms with Gasteiger partial charge in [0.25, 0.3) is 5.69 Å². The second-order valence-electron chi connectivity index (χ2n) is 4.15. The van der Waals surface area contributed by atoms with Crippen molar-refractivity contribution in [2.75, 3.05) is 25.1 Å². The first kappa shape index (κ1) is 12.6. The smallest absolute Gasteiger partial charge is 0.273 e. The van der Waals surface area contributed by atoms with Crippen molar-refractivity contribution in [1.82, 2.24) is 0 Å². The van der Waals surface area contributed by atoms with Gasteiger partial charge < -0.3 is 19.8 Å². The number of hydrogen-bond acceptors (Lipinski definition) is 6. The number of nitro groups is 1. The van der Waals surface area contributed by atoms with Gasteiger partial charge in [-0.1, -0.05) is 0 Å². The summed E-state index contributed by atoms with van der Waals surface area (Å²) in [6, 6.07) is 4.25. The Labute approximate surface area is 103 Å². The fourth-order valence-corrected chi connectivity index (χ4v) is 2.01. The van der Waals surface area contributed by atoms with Crippen LogP contribution in [0.4, 0.5) is 11.4 Å². The van der Waals surface area contributed by atoms with Crippen LogP contribution in [0.1, 0.15) is 0 Å². The predicted octanol–water partition coefficient (Wildman–Crippen LogP) is 0.145. The van der Waals surface area contributed by atoms with E-state index >= 15 is 0 Å². The van der Waals surface area contributed by atoms with Crippen molar-refractivity contribution in [2.24, 2.45) is 0 Å². The lowest BCUT2D eigenvalue weighted by Gasteiger charge is -2.20. The third-order valence-electron chi connectivity index (χ3n) is 2.97. The molecule has 2 rings (SSSR count). The molecule has 1 heterocycles. The van der Waals surface area contributed by atoms with E-state index in [4.69, 9.17) is 4.74 Å². The van der Waals surface area contributed by atoms with Crippen molar-refractivity contribution < 1.29 is 19.9 Å². The third kappa shape index (κ3) is 2.22. The van der Waals surface area contributed by atoms with E-state index in [2.05, 4.69) is 0 Å². The summed E-state index contributed by atoms with van der Waals surface area (Å²) in [6.07, 6.45) is -1.63. The van der Waals surface area contributed by atoms with Crippen LogP contribution in [0, 0.1) is 10.1 Å². The zero-order chi connectivity index (χ0) is 13.3. The average Bonchev–Trinajstić information content (AvgIpc) is 2.68. The molecule has 2 N–H and O–H groups in total. The molecule has 1 fully saturated rings. The van der Waals surface area contributed by atoms with E-state index in [1.165, 1.54) is 19.2 Å². The molecule has 0 bridgehead atoms. The second kappa shape index (κ2) is 4.79. The Balaban J connectivity index is 2.31. The number of nitrogens with zero attached hydrogens (tertiary/aromatic N) is 2. The molecule has 7 nitrogen and oxygen atoms in total. The number of benzene rings is 1. The summed E-state index contributed by atoms with van der Waals surface area (Å²) in [4.78, 5) is 11.9. The van der Waals surface area contributed by atoms with Crippen LogP contribution >= 0.6 is 0 Å². The molecule has 1 aliphatic heterocycles. The van der Waals surface area contributed by atoms with Crippen LogP contribution in [0.3, 0.4) is 0 Å². The van der Waals surface area contributed by atoms with Crippen LogP contribution in [-0.4, -0.2) is 47.5 Å². The Morgan fingerprint density at radius 2 is 2.00 bits per heavy atom. The Bertz CT molecular complexity index is 455. The molecule has 1 aromatic rings. The SMILES string of the molecule is COc1cc([N+](=O)[O-])ccc1N1C[C@H](O)[C@@H](O)C1.